The van der Waals surface area contributed by atoms with Gasteiger partial charge in [0.1, 0.15) is 0 Å². The van der Waals surface area contributed by atoms with Crippen molar-refractivity contribution >= 4 is 18.1 Å². The summed E-state index contributed by atoms with van der Waals surface area (Å²) < 4.78 is 5.58. The molecule has 0 aliphatic carbocycles. The lowest BCUT2D eigenvalue weighted by atomic mass is 10.1. The summed E-state index contributed by atoms with van der Waals surface area (Å²) in [4.78, 5) is 21.4. The summed E-state index contributed by atoms with van der Waals surface area (Å²) in [6.45, 7) is 6.32. The Balaban J connectivity index is 1.53. The highest BCUT2D eigenvalue weighted by atomic mass is 16.5. The molecule has 178 valence electrons. The zero-order chi connectivity index (χ0) is 24.2. The number of benzene rings is 2. The molecule has 4 heteroatoms. The molecular weight excluding hydrogens is 420 g/mol. The molecule has 0 saturated carbocycles. The molecule has 1 heterocycles. The van der Waals surface area contributed by atoms with Crippen molar-refractivity contribution < 1.29 is 9.53 Å². The Hall–Kier alpha value is -3.27. The van der Waals surface area contributed by atoms with Crippen molar-refractivity contribution in [2.45, 2.75) is 71.8 Å². The minimum atomic E-state index is -0.251. The Kier molecular flexibility index (Phi) is 10.0. The van der Waals surface area contributed by atoms with E-state index in [1.54, 1.807) is 0 Å². The van der Waals surface area contributed by atoms with Gasteiger partial charge in [-0.2, -0.15) is 0 Å². The van der Waals surface area contributed by atoms with Crippen molar-refractivity contribution in [3.63, 3.8) is 0 Å². The van der Waals surface area contributed by atoms with Gasteiger partial charge in [-0.1, -0.05) is 88.1 Å². The number of aryl methyl sites for hydroxylation is 1. The zero-order valence-electron chi connectivity index (χ0n) is 20.7. The topological polar surface area (TPSA) is 52.1 Å². The van der Waals surface area contributed by atoms with Gasteiger partial charge in [0.25, 0.3) is 0 Å². The van der Waals surface area contributed by atoms with E-state index in [1.165, 1.54) is 24.8 Å². The first-order valence-corrected chi connectivity index (χ1v) is 12.5. The average Bonchev–Trinajstić information content (AvgIpc) is 2.87. The molecule has 0 aliphatic heterocycles. The van der Waals surface area contributed by atoms with Crippen LogP contribution in [-0.2, 0) is 11.2 Å². The molecule has 0 spiro atoms. The van der Waals surface area contributed by atoms with Crippen LogP contribution in [0.5, 0.6) is 0 Å². The molecule has 0 amide bonds. The lowest BCUT2D eigenvalue weighted by Gasteiger charge is -2.13. The van der Waals surface area contributed by atoms with Gasteiger partial charge in [0.05, 0.1) is 11.7 Å². The molecule has 4 nitrogen and oxygen atoms in total. The summed E-state index contributed by atoms with van der Waals surface area (Å²) in [7, 11) is 0. The molecule has 1 atom stereocenters. The number of esters is 1. The number of ether oxygens (including phenoxy) is 1. The normalized spacial score (nSPS) is 12.1. The Morgan fingerprint density at radius 2 is 1.47 bits per heavy atom. The molecule has 3 aromatic rings. The number of carbonyl (C=O) groups is 1. The molecule has 0 saturated heterocycles. The predicted molar refractivity (Wildman–Crippen MR) is 140 cm³/mol. The maximum atomic E-state index is 12.4. The highest BCUT2D eigenvalue weighted by Gasteiger charge is 2.11. The number of aromatic nitrogens is 2. The van der Waals surface area contributed by atoms with Crippen LogP contribution in [-0.4, -0.2) is 22.0 Å². The molecule has 0 aliphatic rings. The zero-order valence-corrected chi connectivity index (χ0v) is 20.7. The molecule has 2 aromatic carbocycles. The van der Waals surface area contributed by atoms with Crippen molar-refractivity contribution in [1.82, 2.24) is 9.97 Å². The van der Waals surface area contributed by atoms with E-state index in [9.17, 15) is 4.79 Å². The van der Waals surface area contributed by atoms with Crippen molar-refractivity contribution in [3.05, 3.63) is 83.2 Å². The van der Waals surface area contributed by atoms with Crippen LogP contribution in [0.2, 0.25) is 0 Å². The van der Waals surface area contributed by atoms with Gasteiger partial charge in [-0.15, -0.1) is 0 Å². The van der Waals surface area contributed by atoms with Gasteiger partial charge in [-0.05, 0) is 55.0 Å². The van der Waals surface area contributed by atoms with E-state index < -0.39 is 0 Å². The second kappa shape index (κ2) is 13.4. The van der Waals surface area contributed by atoms with Crippen LogP contribution in [0, 0.1) is 0 Å². The number of unbranched alkanes of at least 4 members (excludes halogenated alkanes) is 3. The predicted octanol–water partition coefficient (Wildman–Crippen LogP) is 7.78. The molecule has 3 rings (SSSR count). The Morgan fingerprint density at radius 1 is 0.853 bits per heavy atom. The molecule has 34 heavy (non-hydrogen) atoms. The van der Waals surface area contributed by atoms with Crippen LogP contribution in [0.3, 0.4) is 0 Å². The van der Waals surface area contributed by atoms with E-state index >= 15 is 0 Å². The molecule has 1 aromatic heterocycles. The van der Waals surface area contributed by atoms with Gasteiger partial charge in [-0.3, -0.25) is 0 Å². The monoisotopic (exact) mass is 456 g/mol. The lowest BCUT2D eigenvalue weighted by molar-refractivity contribution is 0.0319. The van der Waals surface area contributed by atoms with E-state index in [-0.39, 0.29) is 12.1 Å². The lowest BCUT2D eigenvalue weighted by Crippen LogP contribution is -2.15. The van der Waals surface area contributed by atoms with Gasteiger partial charge in [0.15, 0.2) is 5.82 Å². The van der Waals surface area contributed by atoms with E-state index in [2.05, 4.69) is 42.0 Å². The first-order chi connectivity index (χ1) is 16.6. The molecule has 0 radical (unpaired) electrons. The van der Waals surface area contributed by atoms with Crippen molar-refractivity contribution in [2.75, 3.05) is 0 Å². The van der Waals surface area contributed by atoms with E-state index in [0.717, 1.165) is 48.2 Å². The summed E-state index contributed by atoms with van der Waals surface area (Å²) in [6.07, 6.45) is 15.6. The fourth-order valence-electron chi connectivity index (χ4n) is 3.76. The fraction of sp³-hybridized carbons (Fsp3) is 0.367. The number of nitrogens with zero attached hydrogens (tertiary/aromatic N) is 2. The quantitative estimate of drug-likeness (QED) is 0.159. The second-order valence-electron chi connectivity index (χ2n) is 8.81. The minimum Gasteiger partial charge on any atom is -0.459 e. The van der Waals surface area contributed by atoms with Crippen molar-refractivity contribution in [2.24, 2.45) is 0 Å². The SMILES string of the molecule is CCCCCCC(C)OC(=O)c1ccc(/C=C/c2ccc(-c3ncc(CCC)cn3)cc2)cc1. The molecule has 0 bridgehead atoms. The first-order valence-electron chi connectivity index (χ1n) is 12.5. The number of hydrogen-bond acceptors (Lipinski definition) is 4. The highest BCUT2D eigenvalue weighted by molar-refractivity contribution is 5.90. The minimum absolute atomic E-state index is 0.0495. The summed E-state index contributed by atoms with van der Waals surface area (Å²) >= 11 is 0. The maximum absolute atomic E-state index is 12.4. The summed E-state index contributed by atoms with van der Waals surface area (Å²) in [5, 5.41) is 0. The first kappa shape index (κ1) is 25.4. The van der Waals surface area contributed by atoms with Gasteiger partial charge >= 0.3 is 5.97 Å². The second-order valence-corrected chi connectivity index (χ2v) is 8.81. The van der Waals surface area contributed by atoms with Gasteiger partial charge in [0.2, 0.25) is 0 Å². The third-order valence-corrected chi connectivity index (χ3v) is 5.80. The van der Waals surface area contributed by atoms with Gasteiger partial charge in [0, 0.05) is 18.0 Å². The smallest absolute Gasteiger partial charge is 0.338 e. The number of rotatable bonds is 12. The average molecular weight is 457 g/mol. The Labute approximate surface area is 204 Å². The van der Waals surface area contributed by atoms with E-state index in [4.69, 9.17) is 4.74 Å². The Bertz CT molecular complexity index is 1040. The van der Waals surface area contributed by atoms with Gasteiger partial charge in [-0.25, -0.2) is 14.8 Å². The molecule has 0 fully saturated rings. The summed E-state index contributed by atoms with van der Waals surface area (Å²) in [5.41, 5.74) is 4.88. The van der Waals surface area contributed by atoms with Crippen LogP contribution in [0.1, 0.15) is 86.3 Å². The largest absolute Gasteiger partial charge is 0.459 e. The van der Waals surface area contributed by atoms with Crippen molar-refractivity contribution in [3.8, 4) is 11.4 Å². The third kappa shape index (κ3) is 7.95. The molecule has 0 N–H and O–H groups in total. The number of carbonyl (C=O) groups excluding carboxylic acids is 1. The van der Waals surface area contributed by atoms with Crippen LogP contribution in [0.4, 0.5) is 0 Å². The highest BCUT2D eigenvalue weighted by Crippen LogP contribution is 2.18. The fourth-order valence-corrected chi connectivity index (χ4v) is 3.76. The third-order valence-electron chi connectivity index (χ3n) is 5.80. The summed E-state index contributed by atoms with van der Waals surface area (Å²) in [6, 6.07) is 15.7. The number of hydrogen-bond donors (Lipinski definition) is 0. The molecular formula is C30H36N2O2. The van der Waals surface area contributed by atoms with Crippen LogP contribution >= 0.6 is 0 Å². The van der Waals surface area contributed by atoms with Gasteiger partial charge < -0.3 is 4.74 Å². The van der Waals surface area contributed by atoms with Crippen LogP contribution < -0.4 is 0 Å². The maximum Gasteiger partial charge on any atom is 0.338 e. The summed E-state index contributed by atoms with van der Waals surface area (Å²) in [5.74, 6) is 0.493. The van der Waals surface area contributed by atoms with E-state index in [0.29, 0.717) is 5.56 Å². The Morgan fingerprint density at radius 3 is 2.06 bits per heavy atom. The van der Waals surface area contributed by atoms with Crippen LogP contribution in [0.25, 0.3) is 23.5 Å². The van der Waals surface area contributed by atoms with Crippen LogP contribution in [0.15, 0.2) is 60.9 Å². The molecule has 1 unspecified atom stereocenters. The standard InChI is InChI=1S/C30H36N2O2/c1-4-6-7-8-10-23(3)34-30(33)28-19-15-25(16-20-28)12-11-24-13-17-27(18-14-24)29-31-21-26(9-5-2)22-32-29/h11-23H,4-10H2,1-3H3/b12-11+. The van der Waals surface area contributed by atoms with Crippen molar-refractivity contribution in [1.29, 1.82) is 0 Å². The van der Waals surface area contributed by atoms with E-state index in [1.807, 2.05) is 61.8 Å².